The van der Waals surface area contributed by atoms with E-state index in [-0.39, 0.29) is 23.2 Å². The van der Waals surface area contributed by atoms with E-state index in [9.17, 15) is 9.59 Å². The number of aryl methyl sites for hydroxylation is 1. The van der Waals surface area contributed by atoms with Gasteiger partial charge >= 0.3 is 0 Å². The lowest BCUT2D eigenvalue weighted by molar-refractivity contribution is -0.122. The number of hydrogen-bond acceptors (Lipinski definition) is 4. The Hall–Kier alpha value is -1.20. The summed E-state index contributed by atoms with van der Waals surface area (Å²) in [6, 6.07) is 7.54. The van der Waals surface area contributed by atoms with Crippen molar-refractivity contribution in [3.8, 4) is 0 Å². The standard InChI is InChI=1S/C16H21NO2S2/c1-10(2)14(18)13(16(20-4)21-5)15(19)17-12-8-6-7-11(3)9-12/h6-10H,1-5H3,(H,17,19). The number of carbonyl (C=O) groups excluding carboxylic acids is 2. The Kier molecular flexibility index (Phi) is 7.05. The molecule has 0 heterocycles. The number of nitrogens with one attached hydrogen (secondary N) is 1. The highest BCUT2D eigenvalue weighted by Gasteiger charge is 2.25. The molecule has 1 N–H and O–H groups in total. The molecule has 1 rings (SSSR count). The van der Waals surface area contributed by atoms with Gasteiger partial charge in [-0.25, -0.2) is 0 Å². The summed E-state index contributed by atoms with van der Waals surface area (Å²) in [4.78, 5) is 24.9. The number of ketones is 1. The van der Waals surface area contributed by atoms with Crippen molar-refractivity contribution >= 4 is 40.9 Å². The van der Waals surface area contributed by atoms with Crippen molar-refractivity contribution in [2.75, 3.05) is 17.8 Å². The topological polar surface area (TPSA) is 46.2 Å². The van der Waals surface area contributed by atoms with Gasteiger partial charge in [0.15, 0.2) is 5.78 Å². The van der Waals surface area contributed by atoms with Crippen LogP contribution in [-0.2, 0) is 9.59 Å². The van der Waals surface area contributed by atoms with E-state index in [4.69, 9.17) is 0 Å². The number of anilines is 1. The Morgan fingerprint density at radius 1 is 1.14 bits per heavy atom. The van der Waals surface area contributed by atoms with Gasteiger partial charge in [-0.15, -0.1) is 23.5 Å². The van der Waals surface area contributed by atoms with Gasteiger partial charge in [-0.2, -0.15) is 0 Å². The number of benzene rings is 1. The minimum absolute atomic E-state index is 0.126. The van der Waals surface area contributed by atoms with Gasteiger partial charge in [0.25, 0.3) is 5.91 Å². The number of amides is 1. The van der Waals surface area contributed by atoms with Crippen LogP contribution in [0.5, 0.6) is 0 Å². The zero-order valence-corrected chi connectivity index (χ0v) is 14.7. The fourth-order valence-corrected chi connectivity index (χ4v) is 3.26. The molecule has 0 spiro atoms. The molecule has 0 bridgehead atoms. The molecule has 1 amide bonds. The first-order chi connectivity index (χ1) is 9.90. The largest absolute Gasteiger partial charge is 0.322 e. The van der Waals surface area contributed by atoms with Crippen LogP contribution < -0.4 is 5.32 Å². The Bertz CT molecular complexity index is 559. The summed E-state index contributed by atoms with van der Waals surface area (Å²) in [6.07, 6.45) is 3.75. The number of hydrogen-bond donors (Lipinski definition) is 1. The lowest BCUT2D eigenvalue weighted by Gasteiger charge is -2.14. The van der Waals surface area contributed by atoms with E-state index in [1.165, 1.54) is 23.5 Å². The highest BCUT2D eigenvalue weighted by molar-refractivity contribution is 8.21. The molecule has 1 aromatic carbocycles. The van der Waals surface area contributed by atoms with Gasteiger partial charge in [0.2, 0.25) is 0 Å². The third kappa shape index (κ3) is 4.93. The van der Waals surface area contributed by atoms with Crippen molar-refractivity contribution in [1.29, 1.82) is 0 Å². The molecule has 0 radical (unpaired) electrons. The molecule has 5 heteroatoms. The maximum atomic E-state index is 12.5. The van der Waals surface area contributed by atoms with Crippen LogP contribution in [0.2, 0.25) is 0 Å². The van der Waals surface area contributed by atoms with Gasteiger partial charge in [-0.05, 0) is 37.1 Å². The second-order valence-corrected chi connectivity index (χ2v) is 6.80. The predicted molar refractivity (Wildman–Crippen MR) is 93.7 cm³/mol. The summed E-state index contributed by atoms with van der Waals surface area (Å²) in [5.74, 6) is -0.672. The minimum atomic E-state index is -0.335. The SMILES string of the molecule is CSC(SC)=C(C(=O)Nc1cccc(C)c1)C(=O)C(C)C. The summed E-state index contributed by atoms with van der Waals surface area (Å²) in [5.41, 5.74) is 2.02. The fourth-order valence-electron chi connectivity index (χ4n) is 1.80. The fraction of sp³-hybridized carbons (Fsp3) is 0.375. The van der Waals surface area contributed by atoms with Gasteiger partial charge < -0.3 is 5.32 Å². The molecule has 0 atom stereocenters. The highest BCUT2D eigenvalue weighted by atomic mass is 32.2. The van der Waals surface area contributed by atoms with E-state index in [2.05, 4.69) is 5.32 Å². The number of Topliss-reactive ketones (excluding diaryl/α,β-unsaturated/α-hetero) is 1. The molecular formula is C16H21NO2S2. The number of carbonyl (C=O) groups is 2. The van der Waals surface area contributed by atoms with Gasteiger partial charge in [-0.3, -0.25) is 9.59 Å². The van der Waals surface area contributed by atoms with E-state index in [1.807, 2.05) is 43.7 Å². The quantitative estimate of drug-likeness (QED) is 0.486. The summed E-state index contributed by atoms with van der Waals surface area (Å²) >= 11 is 2.85. The molecular weight excluding hydrogens is 302 g/mol. The van der Waals surface area contributed by atoms with Crippen LogP contribution in [0.15, 0.2) is 34.1 Å². The van der Waals surface area contributed by atoms with Crippen molar-refractivity contribution in [1.82, 2.24) is 0 Å². The van der Waals surface area contributed by atoms with Gasteiger partial charge in [0.05, 0.1) is 4.24 Å². The Balaban J connectivity index is 3.12. The Morgan fingerprint density at radius 3 is 2.24 bits per heavy atom. The minimum Gasteiger partial charge on any atom is -0.322 e. The smallest absolute Gasteiger partial charge is 0.260 e. The first kappa shape index (κ1) is 17.9. The molecule has 0 aliphatic carbocycles. The lowest BCUT2D eigenvalue weighted by atomic mass is 10.0. The normalized spacial score (nSPS) is 10.4. The van der Waals surface area contributed by atoms with Crippen molar-refractivity contribution in [2.24, 2.45) is 5.92 Å². The van der Waals surface area contributed by atoms with Crippen LogP contribution in [0, 0.1) is 12.8 Å². The van der Waals surface area contributed by atoms with Crippen molar-refractivity contribution in [3.63, 3.8) is 0 Å². The molecule has 3 nitrogen and oxygen atoms in total. The van der Waals surface area contributed by atoms with E-state index < -0.39 is 0 Å². The summed E-state index contributed by atoms with van der Waals surface area (Å²) in [6.45, 7) is 5.57. The molecule has 0 saturated carbocycles. The zero-order chi connectivity index (χ0) is 16.0. The third-order valence-electron chi connectivity index (χ3n) is 2.85. The molecule has 0 aromatic heterocycles. The van der Waals surface area contributed by atoms with Gasteiger partial charge in [0.1, 0.15) is 5.57 Å². The van der Waals surface area contributed by atoms with Crippen LogP contribution in [0.25, 0.3) is 0 Å². The summed E-state index contributed by atoms with van der Waals surface area (Å²) in [5, 5.41) is 2.82. The second kappa shape index (κ2) is 8.29. The molecule has 0 fully saturated rings. The van der Waals surface area contributed by atoms with Crippen LogP contribution in [-0.4, -0.2) is 24.2 Å². The van der Waals surface area contributed by atoms with Crippen LogP contribution in [0.1, 0.15) is 19.4 Å². The summed E-state index contributed by atoms with van der Waals surface area (Å²) < 4.78 is 0.749. The highest BCUT2D eigenvalue weighted by Crippen LogP contribution is 2.30. The Morgan fingerprint density at radius 2 is 1.76 bits per heavy atom. The van der Waals surface area contributed by atoms with E-state index in [0.29, 0.717) is 5.69 Å². The average molecular weight is 323 g/mol. The zero-order valence-electron chi connectivity index (χ0n) is 13.0. The van der Waals surface area contributed by atoms with E-state index in [1.54, 1.807) is 13.8 Å². The maximum Gasteiger partial charge on any atom is 0.260 e. The number of rotatable bonds is 6. The lowest BCUT2D eigenvalue weighted by Crippen LogP contribution is -2.24. The van der Waals surface area contributed by atoms with Crippen molar-refractivity contribution in [2.45, 2.75) is 20.8 Å². The number of thioether (sulfide) groups is 2. The summed E-state index contributed by atoms with van der Waals surface area (Å²) in [7, 11) is 0. The van der Waals surface area contributed by atoms with Crippen molar-refractivity contribution < 1.29 is 9.59 Å². The molecule has 0 unspecified atom stereocenters. The molecule has 0 saturated heterocycles. The van der Waals surface area contributed by atoms with E-state index in [0.717, 1.165) is 9.80 Å². The first-order valence-corrected chi connectivity index (χ1v) is 9.10. The monoisotopic (exact) mass is 323 g/mol. The molecule has 21 heavy (non-hydrogen) atoms. The molecule has 114 valence electrons. The maximum absolute atomic E-state index is 12.5. The molecule has 1 aromatic rings. The van der Waals surface area contributed by atoms with Crippen molar-refractivity contribution in [3.05, 3.63) is 39.6 Å². The van der Waals surface area contributed by atoms with Crippen LogP contribution >= 0.6 is 23.5 Å². The first-order valence-electron chi connectivity index (χ1n) is 6.65. The molecule has 0 aliphatic heterocycles. The predicted octanol–water partition coefficient (Wildman–Crippen LogP) is 4.10. The van der Waals surface area contributed by atoms with Crippen LogP contribution in [0.3, 0.4) is 0 Å². The average Bonchev–Trinajstić information content (AvgIpc) is 2.43. The molecule has 0 aliphatic rings. The van der Waals surface area contributed by atoms with Crippen LogP contribution in [0.4, 0.5) is 5.69 Å². The Labute approximate surface area is 135 Å². The van der Waals surface area contributed by atoms with E-state index >= 15 is 0 Å². The second-order valence-electron chi connectivity index (χ2n) is 4.91. The third-order valence-corrected chi connectivity index (χ3v) is 5.00. The van der Waals surface area contributed by atoms with Gasteiger partial charge in [0, 0.05) is 11.6 Å². The van der Waals surface area contributed by atoms with Gasteiger partial charge in [-0.1, -0.05) is 26.0 Å².